The molecule has 3 heterocycles. The van der Waals surface area contributed by atoms with Crippen LogP contribution in [0.5, 0.6) is 5.75 Å². The van der Waals surface area contributed by atoms with E-state index in [4.69, 9.17) is 19.2 Å². The Bertz CT molecular complexity index is 1650. The Morgan fingerprint density at radius 2 is 1.60 bits per heavy atom. The van der Waals surface area contributed by atoms with Crippen LogP contribution < -0.4 is 24.8 Å². The maximum Gasteiger partial charge on any atom is 0.424 e. The number of amides is 3. The predicted molar refractivity (Wildman–Crippen MR) is 167 cm³/mol. The van der Waals surface area contributed by atoms with E-state index in [-0.39, 0.29) is 24.4 Å². The van der Waals surface area contributed by atoms with Crippen molar-refractivity contribution < 1.29 is 28.6 Å². The smallest absolute Gasteiger partial charge is 0.424 e. The van der Waals surface area contributed by atoms with Gasteiger partial charge in [-0.25, -0.2) is 24.4 Å². The Kier molecular flexibility index (Phi) is 8.83. The van der Waals surface area contributed by atoms with E-state index in [1.54, 1.807) is 66.7 Å². The molecule has 230 valence electrons. The lowest BCUT2D eigenvalue weighted by molar-refractivity contribution is -0.157. The Labute approximate surface area is 260 Å². The van der Waals surface area contributed by atoms with E-state index >= 15 is 0 Å². The molecule has 4 aromatic rings. The number of aromatic nitrogens is 2. The molecule has 45 heavy (non-hydrogen) atoms. The highest BCUT2D eigenvalue weighted by atomic mass is 16.7. The summed E-state index contributed by atoms with van der Waals surface area (Å²) in [7, 11) is 1.58. The van der Waals surface area contributed by atoms with Crippen LogP contribution in [0.4, 0.5) is 38.4 Å². The molecule has 0 spiro atoms. The minimum absolute atomic E-state index is 0.0127. The fraction of sp³-hybridized carbons (Fsp3) is 0.242. The molecular weight excluding hydrogens is 576 g/mol. The van der Waals surface area contributed by atoms with Crippen LogP contribution in [0.25, 0.3) is 0 Å². The van der Waals surface area contributed by atoms with E-state index in [1.807, 2.05) is 36.4 Å². The van der Waals surface area contributed by atoms with E-state index in [1.165, 1.54) is 9.80 Å². The van der Waals surface area contributed by atoms with E-state index in [0.717, 1.165) is 13.1 Å². The zero-order chi connectivity index (χ0) is 31.2. The normalized spacial score (nSPS) is 14.8. The second kappa shape index (κ2) is 13.4. The molecule has 6 rings (SSSR count). The molecular formula is C33H32N6O6. The number of nitrogens with zero attached hydrogens (tertiary/aromatic N) is 5. The minimum Gasteiger partial charge on any atom is -0.497 e. The highest BCUT2D eigenvalue weighted by Gasteiger charge is 2.36. The van der Waals surface area contributed by atoms with Crippen molar-refractivity contribution in [1.29, 1.82) is 0 Å². The molecule has 0 saturated carbocycles. The summed E-state index contributed by atoms with van der Waals surface area (Å²) in [5.74, 6) is 0.343. The maximum absolute atomic E-state index is 14.1. The van der Waals surface area contributed by atoms with Gasteiger partial charge in [0.15, 0.2) is 5.82 Å². The number of piperidine rings is 1. The first kappa shape index (κ1) is 29.6. The molecule has 0 bridgehead atoms. The molecule has 3 aromatic carbocycles. The molecule has 0 unspecified atom stereocenters. The van der Waals surface area contributed by atoms with Crippen LogP contribution in [-0.4, -0.2) is 55.1 Å². The molecule has 0 atom stereocenters. The van der Waals surface area contributed by atoms with Crippen LogP contribution in [-0.2, 0) is 20.8 Å². The maximum atomic E-state index is 14.1. The first-order valence-electron chi connectivity index (χ1n) is 14.6. The quantitative estimate of drug-likeness (QED) is 0.203. The van der Waals surface area contributed by atoms with Gasteiger partial charge in [0, 0.05) is 17.4 Å². The highest BCUT2D eigenvalue weighted by molar-refractivity contribution is 6.10. The largest absolute Gasteiger partial charge is 0.497 e. The number of anilines is 5. The second-order valence-electron chi connectivity index (χ2n) is 10.4. The van der Waals surface area contributed by atoms with E-state index < -0.39 is 18.9 Å². The van der Waals surface area contributed by atoms with Crippen LogP contribution in [0.2, 0.25) is 0 Å². The average molecular weight is 609 g/mol. The van der Waals surface area contributed by atoms with Crippen molar-refractivity contribution in [3.63, 3.8) is 0 Å². The Morgan fingerprint density at radius 1 is 0.911 bits per heavy atom. The van der Waals surface area contributed by atoms with Crippen LogP contribution in [0.1, 0.15) is 18.4 Å². The number of para-hydroxylation sites is 2. The molecule has 2 aliphatic heterocycles. The number of esters is 1. The van der Waals surface area contributed by atoms with Crippen molar-refractivity contribution in [2.45, 2.75) is 19.4 Å². The fourth-order valence-electron chi connectivity index (χ4n) is 5.28. The van der Waals surface area contributed by atoms with Gasteiger partial charge in [-0.1, -0.05) is 36.4 Å². The molecule has 0 radical (unpaired) electrons. The van der Waals surface area contributed by atoms with Crippen LogP contribution in [0.15, 0.2) is 91.1 Å². The van der Waals surface area contributed by atoms with Gasteiger partial charge in [0.2, 0.25) is 12.7 Å². The number of carbonyl (C=O) groups is 3. The van der Waals surface area contributed by atoms with Gasteiger partial charge >= 0.3 is 18.1 Å². The number of rotatable bonds is 8. The van der Waals surface area contributed by atoms with Crippen molar-refractivity contribution in [1.82, 2.24) is 15.3 Å². The van der Waals surface area contributed by atoms with Gasteiger partial charge in [0.05, 0.1) is 30.9 Å². The summed E-state index contributed by atoms with van der Waals surface area (Å²) in [5, 5.41) is 3.20. The number of carbonyl (C=O) groups excluding carboxylic acids is 3. The standard InChI is InChI=1S/C33H32N6O6/c1-43-28-14-12-25(13-15-28)37-21-24-20-35-31(36-29(24)38(32(37)41)26-8-4-2-5-9-26)39(27-10-6-3-7-11-27)33(42)45-22-44-30(40)23-16-18-34-19-17-23/h2-15,20,23,34H,16-19,21-22H2,1H3. The summed E-state index contributed by atoms with van der Waals surface area (Å²) in [5.41, 5.74) is 2.35. The average Bonchev–Trinajstić information content (AvgIpc) is 3.09. The third kappa shape index (κ3) is 6.41. The minimum atomic E-state index is -0.840. The number of fused-ring (bicyclic) bond motifs is 1. The monoisotopic (exact) mass is 608 g/mol. The summed E-state index contributed by atoms with van der Waals surface area (Å²) in [6, 6.07) is 24.7. The lowest BCUT2D eigenvalue weighted by atomic mass is 9.99. The van der Waals surface area contributed by atoms with Crippen LogP contribution >= 0.6 is 0 Å². The number of hydrogen-bond acceptors (Lipinski definition) is 9. The Hall–Kier alpha value is -5.49. The molecule has 1 saturated heterocycles. The first-order valence-corrected chi connectivity index (χ1v) is 14.6. The van der Waals surface area contributed by atoms with Crippen LogP contribution in [0.3, 0.4) is 0 Å². The molecule has 1 aromatic heterocycles. The summed E-state index contributed by atoms with van der Waals surface area (Å²) in [6.07, 6.45) is 2.08. The van der Waals surface area contributed by atoms with Crippen molar-refractivity contribution in [3.8, 4) is 5.75 Å². The van der Waals surface area contributed by atoms with E-state index in [2.05, 4.69) is 10.3 Å². The Balaban J connectivity index is 1.31. The van der Waals surface area contributed by atoms with Crippen molar-refractivity contribution in [2.24, 2.45) is 5.92 Å². The molecule has 1 fully saturated rings. The topological polar surface area (TPSA) is 126 Å². The van der Waals surface area contributed by atoms with Gasteiger partial charge in [-0.3, -0.25) is 9.69 Å². The number of methoxy groups -OCH3 is 1. The Morgan fingerprint density at radius 3 is 2.29 bits per heavy atom. The molecule has 12 heteroatoms. The first-order chi connectivity index (χ1) is 22.0. The van der Waals surface area contributed by atoms with Crippen molar-refractivity contribution in [2.75, 3.05) is 41.7 Å². The zero-order valence-electron chi connectivity index (χ0n) is 24.7. The van der Waals surface area contributed by atoms with E-state index in [0.29, 0.717) is 47.0 Å². The van der Waals surface area contributed by atoms with Crippen molar-refractivity contribution >= 4 is 46.9 Å². The molecule has 1 N–H and O–H groups in total. The highest BCUT2D eigenvalue weighted by Crippen LogP contribution is 2.37. The third-order valence-corrected chi connectivity index (χ3v) is 7.64. The third-order valence-electron chi connectivity index (χ3n) is 7.64. The molecule has 0 aliphatic carbocycles. The summed E-state index contributed by atoms with van der Waals surface area (Å²) < 4.78 is 16.0. The van der Waals surface area contributed by atoms with Crippen LogP contribution in [0, 0.1) is 5.92 Å². The molecule has 2 aliphatic rings. The number of hydrogen-bond donors (Lipinski definition) is 1. The second-order valence-corrected chi connectivity index (χ2v) is 10.4. The van der Waals surface area contributed by atoms with E-state index in [9.17, 15) is 14.4 Å². The summed E-state index contributed by atoms with van der Waals surface area (Å²) in [6.45, 7) is 1.11. The van der Waals surface area contributed by atoms with Gasteiger partial charge in [-0.05, 0) is 74.5 Å². The van der Waals surface area contributed by atoms with Gasteiger partial charge < -0.3 is 19.5 Å². The zero-order valence-corrected chi connectivity index (χ0v) is 24.7. The predicted octanol–water partition coefficient (Wildman–Crippen LogP) is 5.54. The lowest BCUT2D eigenvalue weighted by Gasteiger charge is -2.36. The molecule has 3 amide bonds. The SMILES string of the molecule is COc1ccc(N2Cc3cnc(N(C(=O)OCOC(=O)C4CCNCC4)c4ccccc4)nc3N(c3ccccc3)C2=O)cc1. The number of ether oxygens (including phenoxy) is 3. The van der Waals surface area contributed by atoms with Gasteiger partial charge in [0.1, 0.15) is 5.75 Å². The molecule has 12 nitrogen and oxygen atoms in total. The van der Waals surface area contributed by atoms with Crippen molar-refractivity contribution in [3.05, 3.63) is 96.7 Å². The number of nitrogens with one attached hydrogen (secondary N) is 1. The number of urea groups is 1. The lowest BCUT2D eigenvalue weighted by Crippen LogP contribution is -2.45. The summed E-state index contributed by atoms with van der Waals surface area (Å²) in [4.78, 5) is 53.6. The fourth-order valence-corrected chi connectivity index (χ4v) is 5.28. The van der Waals surface area contributed by atoms with Gasteiger partial charge in [-0.2, -0.15) is 4.98 Å². The summed E-state index contributed by atoms with van der Waals surface area (Å²) >= 11 is 0. The van der Waals surface area contributed by atoms with Gasteiger partial charge in [-0.15, -0.1) is 0 Å². The van der Waals surface area contributed by atoms with Gasteiger partial charge in [0.25, 0.3) is 0 Å². The number of benzene rings is 3.